The molecule has 8 heteroatoms. The smallest absolute Gasteiger partial charge is 0.234 e. The van der Waals surface area contributed by atoms with Gasteiger partial charge in [0.2, 0.25) is 11.3 Å². The minimum Gasteiger partial charge on any atom is -0.497 e. The summed E-state index contributed by atoms with van der Waals surface area (Å²) < 4.78 is 12.1. The number of benzene rings is 3. The second kappa shape index (κ2) is 11.5. The summed E-state index contributed by atoms with van der Waals surface area (Å²) in [4.78, 5) is 5.62. The molecular formula is C32H29N5OPtS-2. The number of hydrogen-bond acceptors (Lipinski definition) is 4. The first-order valence-corrected chi connectivity index (χ1v) is 13.9. The molecule has 0 fully saturated rings. The summed E-state index contributed by atoms with van der Waals surface area (Å²) in [6.45, 7) is 8.93. The SMILES string of the molecule is CC(C)c1cccc(C(C)C)c1-n1ccnc1-c1[c-]c(Oc2[c-]c(-c3csc4n[n+](C)[c-]n34)ccc2)ccc1.[Pt]. The van der Waals surface area contributed by atoms with Crippen LogP contribution in [-0.4, -0.2) is 19.1 Å². The van der Waals surface area contributed by atoms with Gasteiger partial charge in [-0.25, -0.2) is 4.68 Å². The van der Waals surface area contributed by atoms with Crippen LogP contribution in [0.5, 0.6) is 11.5 Å². The number of fused-ring (bicyclic) bond motifs is 1. The summed E-state index contributed by atoms with van der Waals surface area (Å²) in [5.74, 6) is 2.80. The van der Waals surface area contributed by atoms with Crippen molar-refractivity contribution in [2.24, 2.45) is 7.05 Å². The van der Waals surface area contributed by atoms with Gasteiger partial charge in [0.15, 0.2) is 0 Å². The van der Waals surface area contributed by atoms with E-state index in [1.807, 2.05) is 60.2 Å². The van der Waals surface area contributed by atoms with Crippen molar-refractivity contribution in [1.82, 2.24) is 19.1 Å². The fourth-order valence-corrected chi connectivity index (χ4v) is 5.71. The van der Waals surface area contributed by atoms with Gasteiger partial charge in [0, 0.05) is 56.3 Å². The Morgan fingerprint density at radius 1 is 0.875 bits per heavy atom. The molecule has 0 aliphatic rings. The van der Waals surface area contributed by atoms with Crippen molar-refractivity contribution in [3.05, 3.63) is 102 Å². The summed E-state index contributed by atoms with van der Waals surface area (Å²) in [5.41, 5.74) is 6.53. The van der Waals surface area contributed by atoms with Crippen molar-refractivity contribution in [2.45, 2.75) is 39.5 Å². The Hall–Kier alpha value is -3.54. The Labute approximate surface area is 253 Å². The zero-order valence-corrected chi connectivity index (χ0v) is 26.0. The number of para-hydroxylation sites is 1. The molecular weight excluding hydrogens is 698 g/mol. The molecule has 0 saturated carbocycles. The Balaban J connectivity index is 0.00000323. The molecule has 0 spiro atoms. The van der Waals surface area contributed by atoms with Crippen molar-refractivity contribution < 1.29 is 30.5 Å². The monoisotopic (exact) mass is 726 g/mol. The quantitative estimate of drug-likeness (QED) is 0.130. The van der Waals surface area contributed by atoms with Gasteiger partial charge in [-0.1, -0.05) is 58.0 Å². The van der Waals surface area contributed by atoms with Gasteiger partial charge in [-0.05, 0) is 28.3 Å². The van der Waals surface area contributed by atoms with Gasteiger partial charge in [-0.3, -0.25) is 4.98 Å². The molecule has 40 heavy (non-hydrogen) atoms. The van der Waals surface area contributed by atoms with Gasteiger partial charge < -0.3 is 13.7 Å². The van der Waals surface area contributed by atoms with Crippen molar-refractivity contribution in [3.63, 3.8) is 0 Å². The number of aromatic nitrogens is 5. The Kier molecular flexibility index (Phi) is 8.06. The van der Waals surface area contributed by atoms with Crippen LogP contribution in [-0.2, 0) is 28.1 Å². The molecule has 0 bridgehead atoms. The third-order valence-electron chi connectivity index (χ3n) is 6.69. The van der Waals surface area contributed by atoms with Gasteiger partial charge in [0.1, 0.15) is 0 Å². The Bertz CT molecular complexity index is 1760. The molecule has 0 amide bonds. The predicted molar refractivity (Wildman–Crippen MR) is 153 cm³/mol. The van der Waals surface area contributed by atoms with E-state index in [-0.39, 0.29) is 21.1 Å². The van der Waals surface area contributed by atoms with Gasteiger partial charge >= 0.3 is 0 Å². The normalized spacial score (nSPS) is 11.4. The number of imidazole rings is 1. The van der Waals surface area contributed by atoms with Crippen LogP contribution in [0, 0.1) is 18.5 Å². The Morgan fingerprint density at radius 2 is 1.50 bits per heavy atom. The van der Waals surface area contributed by atoms with Crippen molar-refractivity contribution in [2.75, 3.05) is 0 Å². The van der Waals surface area contributed by atoms with Crippen molar-refractivity contribution >= 4 is 16.3 Å². The summed E-state index contributed by atoms with van der Waals surface area (Å²) in [5, 5.41) is 6.48. The van der Waals surface area contributed by atoms with Crippen LogP contribution in [0.25, 0.3) is 33.3 Å². The van der Waals surface area contributed by atoms with E-state index in [1.54, 1.807) is 16.0 Å². The maximum atomic E-state index is 6.26. The summed E-state index contributed by atoms with van der Waals surface area (Å²) in [6.07, 6.45) is 7.08. The molecule has 6 aromatic rings. The fraction of sp³-hybridized carbons (Fsp3) is 0.219. The van der Waals surface area contributed by atoms with Crippen molar-refractivity contribution in [3.8, 4) is 39.8 Å². The maximum absolute atomic E-state index is 6.26. The molecule has 0 saturated heterocycles. The summed E-state index contributed by atoms with van der Waals surface area (Å²) in [7, 11) is 1.87. The average Bonchev–Trinajstić information content (AvgIpc) is 3.64. The van der Waals surface area contributed by atoms with E-state index < -0.39 is 0 Å². The second-order valence-electron chi connectivity index (χ2n) is 10.1. The molecule has 0 N–H and O–H groups in total. The van der Waals surface area contributed by atoms with Crippen LogP contribution in [0.1, 0.15) is 50.7 Å². The molecule has 0 aliphatic heterocycles. The molecule has 0 atom stereocenters. The zero-order chi connectivity index (χ0) is 27.1. The first-order valence-electron chi connectivity index (χ1n) is 13.0. The molecule has 3 heterocycles. The number of aryl methyl sites for hydroxylation is 1. The minimum absolute atomic E-state index is 0. The third-order valence-corrected chi connectivity index (χ3v) is 7.50. The van der Waals surface area contributed by atoms with E-state index in [0.29, 0.717) is 23.3 Å². The van der Waals surface area contributed by atoms with E-state index in [2.05, 4.69) is 79.4 Å². The largest absolute Gasteiger partial charge is 0.497 e. The molecule has 0 unspecified atom stereocenters. The molecule has 6 rings (SSSR count). The van der Waals surface area contributed by atoms with E-state index in [4.69, 9.17) is 9.72 Å². The number of rotatable bonds is 7. The standard InChI is InChI=1S/C32H29N5OS.Pt/c1-21(2)27-13-8-14-28(22(3)4)30(27)36-16-15-33-31(36)24-10-7-12-26(18-24)38-25-11-6-9-23(17-25)29-19-39-32-34-35(5)20-37(29)32;/h6-16,19,21-22H,1-5H3;/q-2;. The topological polar surface area (TPSA) is 48.2 Å². The van der Waals surface area contributed by atoms with Crippen LogP contribution in [0.2, 0.25) is 0 Å². The zero-order valence-electron chi connectivity index (χ0n) is 23.0. The molecule has 0 aliphatic carbocycles. The second-order valence-corrected chi connectivity index (χ2v) is 11.0. The predicted octanol–water partition coefficient (Wildman–Crippen LogP) is 7.18. The van der Waals surface area contributed by atoms with Crippen LogP contribution >= 0.6 is 11.3 Å². The molecule has 6 nitrogen and oxygen atoms in total. The number of nitrogens with zero attached hydrogens (tertiary/aromatic N) is 5. The number of ether oxygens (including phenoxy) is 1. The van der Waals surface area contributed by atoms with E-state index in [0.717, 1.165) is 27.6 Å². The molecule has 0 radical (unpaired) electrons. The van der Waals surface area contributed by atoms with Gasteiger partial charge in [0.25, 0.3) is 0 Å². The van der Waals surface area contributed by atoms with Gasteiger partial charge in [0.05, 0.1) is 12.9 Å². The van der Waals surface area contributed by atoms with Crippen LogP contribution < -0.4 is 9.42 Å². The van der Waals surface area contributed by atoms with E-state index >= 15 is 0 Å². The Morgan fingerprint density at radius 3 is 2.17 bits per heavy atom. The average molecular weight is 727 g/mol. The van der Waals surface area contributed by atoms with E-state index in [1.165, 1.54) is 16.8 Å². The van der Waals surface area contributed by atoms with Crippen LogP contribution in [0.4, 0.5) is 0 Å². The van der Waals surface area contributed by atoms with Gasteiger partial charge in [-0.2, -0.15) is 11.3 Å². The van der Waals surface area contributed by atoms with Crippen LogP contribution in [0.15, 0.2) is 72.4 Å². The van der Waals surface area contributed by atoms with Gasteiger partial charge in [-0.15, -0.1) is 52.6 Å². The summed E-state index contributed by atoms with van der Waals surface area (Å²) >= 11 is 1.57. The molecule has 3 aromatic carbocycles. The number of hydrogen-bond donors (Lipinski definition) is 0. The van der Waals surface area contributed by atoms with Crippen LogP contribution in [0.3, 0.4) is 0 Å². The number of thiazole rings is 1. The third kappa shape index (κ3) is 5.28. The fourth-order valence-electron chi connectivity index (χ4n) is 4.85. The first-order chi connectivity index (χ1) is 18.9. The molecule has 3 aromatic heterocycles. The minimum atomic E-state index is 0. The first kappa shape index (κ1) is 28.0. The van der Waals surface area contributed by atoms with Crippen molar-refractivity contribution in [1.29, 1.82) is 0 Å². The molecule has 206 valence electrons. The summed E-state index contributed by atoms with van der Waals surface area (Å²) in [6, 6.07) is 25.2. The maximum Gasteiger partial charge on any atom is 0.234 e. The van der Waals surface area contributed by atoms with E-state index in [9.17, 15) is 0 Å².